The zero-order valence-electron chi connectivity index (χ0n) is 7.36. The number of phenolic OH excluding ortho intramolecular Hbond substituents is 1. The van der Waals surface area contributed by atoms with Crippen molar-refractivity contribution in [3.05, 3.63) is 29.3 Å². The summed E-state index contributed by atoms with van der Waals surface area (Å²) in [6.45, 7) is 0. The molecule has 0 heterocycles. The molecule has 0 fully saturated rings. The maximum atomic E-state index is 10.4. The van der Waals surface area contributed by atoms with Crippen LogP contribution in [0.4, 0.5) is 0 Å². The summed E-state index contributed by atoms with van der Waals surface area (Å²) in [4.78, 5) is 10.4. The van der Waals surface area contributed by atoms with Gasteiger partial charge in [0.15, 0.2) is 0 Å². The van der Waals surface area contributed by atoms with E-state index in [1.54, 1.807) is 12.1 Å². The van der Waals surface area contributed by atoms with Crippen LogP contribution in [0.1, 0.15) is 29.9 Å². The van der Waals surface area contributed by atoms with Gasteiger partial charge in [-0.05, 0) is 42.0 Å². The Kier molecular flexibility index (Phi) is 2.05. The maximum Gasteiger partial charge on any atom is 0.120 e. The second-order valence-corrected chi connectivity index (χ2v) is 3.52. The lowest BCUT2D eigenvalue weighted by molar-refractivity contribution is -0.108. The molecule has 1 N–H and O–H groups in total. The Balaban J connectivity index is 2.32. The monoisotopic (exact) mass is 176 g/mol. The van der Waals surface area contributed by atoms with Crippen LogP contribution in [0.15, 0.2) is 18.2 Å². The highest BCUT2D eigenvalue weighted by Gasteiger charge is 2.21. The number of fused-ring (bicyclic) bond motifs is 1. The standard InChI is InChI=1S/C11H12O2/c12-6-5-8-1-2-9-7-10(13)3-4-11(8)9/h3-4,6-8,13H,1-2,5H2/t8-/m1/s1. The van der Waals surface area contributed by atoms with E-state index in [0.717, 1.165) is 19.1 Å². The van der Waals surface area contributed by atoms with Crippen LogP contribution in [0.2, 0.25) is 0 Å². The zero-order valence-corrected chi connectivity index (χ0v) is 7.36. The van der Waals surface area contributed by atoms with Gasteiger partial charge in [-0.2, -0.15) is 0 Å². The lowest BCUT2D eigenvalue weighted by atomic mass is 9.99. The third kappa shape index (κ3) is 1.44. The van der Waals surface area contributed by atoms with Gasteiger partial charge in [0.2, 0.25) is 0 Å². The first-order chi connectivity index (χ1) is 6.31. The summed E-state index contributed by atoms with van der Waals surface area (Å²) >= 11 is 0. The van der Waals surface area contributed by atoms with Crippen molar-refractivity contribution in [3.8, 4) is 5.75 Å². The van der Waals surface area contributed by atoms with Crippen LogP contribution in [-0.4, -0.2) is 11.4 Å². The third-order valence-electron chi connectivity index (χ3n) is 2.71. The van der Waals surface area contributed by atoms with Crippen LogP contribution in [0, 0.1) is 0 Å². The van der Waals surface area contributed by atoms with E-state index in [1.165, 1.54) is 11.1 Å². The largest absolute Gasteiger partial charge is 0.508 e. The number of carbonyl (C=O) groups is 1. The quantitative estimate of drug-likeness (QED) is 0.700. The first-order valence-corrected chi connectivity index (χ1v) is 4.56. The van der Waals surface area contributed by atoms with Gasteiger partial charge in [-0.15, -0.1) is 0 Å². The maximum absolute atomic E-state index is 10.4. The highest BCUT2D eigenvalue weighted by atomic mass is 16.3. The van der Waals surface area contributed by atoms with Gasteiger partial charge in [-0.1, -0.05) is 6.07 Å². The van der Waals surface area contributed by atoms with Crippen LogP contribution < -0.4 is 0 Å². The smallest absolute Gasteiger partial charge is 0.120 e. The highest BCUT2D eigenvalue weighted by molar-refractivity contribution is 5.53. The van der Waals surface area contributed by atoms with Gasteiger partial charge in [0.05, 0.1) is 0 Å². The number of rotatable bonds is 2. The fraction of sp³-hybridized carbons (Fsp3) is 0.364. The normalized spacial score (nSPS) is 19.8. The molecule has 0 spiro atoms. The number of benzene rings is 1. The lowest BCUT2D eigenvalue weighted by Gasteiger charge is -2.06. The predicted molar refractivity (Wildman–Crippen MR) is 49.8 cm³/mol. The number of aromatic hydroxyl groups is 1. The van der Waals surface area contributed by atoms with E-state index in [9.17, 15) is 9.90 Å². The Bertz CT molecular complexity index is 331. The number of aldehydes is 1. The van der Waals surface area contributed by atoms with Crippen LogP contribution in [0.5, 0.6) is 5.75 Å². The fourth-order valence-corrected chi connectivity index (χ4v) is 2.05. The van der Waals surface area contributed by atoms with Crippen molar-refractivity contribution in [1.29, 1.82) is 0 Å². The average molecular weight is 176 g/mol. The van der Waals surface area contributed by atoms with Crippen molar-refractivity contribution in [3.63, 3.8) is 0 Å². The van der Waals surface area contributed by atoms with Gasteiger partial charge in [-0.3, -0.25) is 0 Å². The molecule has 13 heavy (non-hydrogen) atoms. The van der Waals surface area contributed by atoms with Gasteiger partial charge in [-0.25, -0.2) is 0 Å². The number of aryl methyl sites for hydroxylation is 1. The van der Waals surface area contributed by atoms with Crippen LogP contribution in [-0.2, 0) is 11.2 Å². The summed E-state index contributed by atoms with van der Waals surface area (Å²) < 4.78 is 0. The topological polar surface area (TPSA) is 37.3 Å². The van der Waals surface area contributed by atoms with Gasteiger partial charge < -0.3 is 9.90 Å². The van der Waals surface area contributed by atoms with Crippen LogP contribution >= 0.6 is 0 Å². The molecule has 0 amide bonds. The molecule has 0 bridgehead atoms. The Morgan fingerprint density at radius 2 is 2.38 bits per heavy atom. The van der Waals surface area contributed by atoms with Crippen molar-refractivity contribution in [2.24, 2.45) is 0 Å². The minimum absolute atomic E-state index is 0.325. The van der Waals surface area contributed by atoms with Crippen LogP contribution in [0.25, 0.3) is 0 Å². The summed E-state index contributed by atoms with van der Waals surface area (Å²) in [5.74, 6) is 0.707. The molecule has 1 atom stereocenters. The molecule has 0 saturated carbocycles. The molecule has 0 saturated heterocycles. The summed E-state index contributed by atoms with van der Waals surface area (Å²) in [7, 11) is 0. The van der Waals surface area contributed by atoms with E-state index in [-0.39, 0.29) is 0 Å². The summed E-state index contributed by atoms with van der Waals surface area (Å²) in [5, 5.41) is 9.24. The summed E-state index contributed by atoms with van der Waals surface area (Å²) in [5.41, 5.74) is 2.44. The molecule has 0 aliphatic heterocycles. The molecule has 1 aromatic carbocycles. The molecule has 1 aromatic rings. The predicted octanol–water partition coefficient (Wildman–Crippen LogP) is 2.01. The highest BCUT2D eigenvalue weighted by Crippen LogP contribution is 2.36. The van der Waals surface area contributed by atoms with Crippen molar-refractivity contribution in [2.45, 2.75) is 25.2 Å². The molecule has 1 aliphatic rings. The van der Waals surface area contributed by atoms with E-state index < -0.39 is 0 Å². The Hall–Kier alpha value is -1.31. The fourth-order valence-electron chi connectivity index (χ4n) is 2.05. The average Bonchev–Trinajstić information content (AvgIpc) is 2.49. The molecule has 0 unspecified atom stereocenters. The van der Waals surface area contributed by atoms with E-state index in [4.69, 9.17) is 0 Å². The van der Waals surface area contributed by atoms with Crippen molar-refractivity contribution in [2.75, 3.05) is 0 Å². The molecular weight excluding hydrogens is 164 g/mol. The van der Waals surface area contributed by atoms with Crippen molar-refractivity contribution < 1.29 is 9.90 Å². The van der Waals surface area contributed by atoms with E-state index in [1.807, 2.05) is 6.07 Å². The zero-order chi connectivity index (χ0) is 9.26. The molecular formula is C11H12O2. The van der Waals surface area contributed by atoms with E-state index in [2.05, 4.69) is 0 Å². The number of hydrogen-bond donors (Lipinski definition) is 1. The minimum atomic E-state index is 0.325. The number of carbonyl (C=O) groups excluding carboxylic acids is 1. The first-order valence-electron chi connectivity index (χ1n) is 4.56. The molecule has 0 aromatic heterocycles. The van der Waals surface area contributed by atoms with Gasteiger partial charge in [0, 0.05) is 6.42 Å². The second-order valence-electron chi connectivity index (χ2n) is 3.52. The van der Waals surface area contributed by atoms with Crippen molar-refractivity contribution >= 4 is 6.29 Å². The Labute approximate surface area is 77.2 Å². The summed E-state index contributed by atoms with van der Waals surface area (Å²) in [6.07, 6.45) is 3.62. The van der Waals surface area contributed by atoms with E-state index in [0.29, 0.717) is 18.1 Å². The van der Waals surface area contributed by atoms with Gasteiger partial charge in [0.25, 0.3) is 0 Å². The SMILES string of the molecule is O=CC[C@H]1CCc2cc(O)ccc21. The van der Waals surface area contributed by atoms with Gasteiger partial charge in [0.1, 0.15) is 12.0 Å². The van der Waals surface area contributed by atoms with Crippen molar-refractivity contribution in [1.82, 2.24) is 0 Å². The third-order valence-corrected chi connectivity index (χ3v) is 2.71. The molecule has 2 nitrogen and oxygen atoms in total. The second kappa shape index (κ2) is 3.21. The first kappa shape index (κ1) is 8.30. The molecule has 2 rings (SSSR count). The van der Waals surface area contributed by atoms with Gasteiger partial charge >= 0.3 is 0 Å². The number of hydrogen-bond acceptors (Lipinski definition) is 2. The molecule has 68 valence electrons. The summed E-state index contributed by atoms with van der Waals surface area (Å²) in [6, 6.07) is 5.44. The molecule has 1 aliphatic carbocycles. The minimum Gasteiger partial charge on any atom is -0.508 e. The molecule has 2 heteroatoms. The van der Waals surface area contributed by atoms with Crippen LogP contribution in [0.3, 0.4) is 0 Å². The lowest BCUT2D eigenvalue weighted by Crippen LogP contribution is -1.93. The Morgan fingerprint density at radius 3 is 3.15 bits per heavy atom. The Morgan fingerprint density at radius 1 is 1.54 bits per heavy atom. The number of phenols is 1. The van der Waals surface area contributed by atoms with E-state index >= 15 is 0 Å². The molecule has 0 radical (unpaired) electrons.